The van der Waals surface area contributed by atoms with Crippen molar-refractivity contribution in [3.05, 3.63) is 56.3 Å². The number of thioether (sulfide) groups is 1. The minimum absolute atomic E-state index is 0.184. The lowest BCUT2D eigenvalue weighted by atomic mass is 10.1. The summed E-state index contributed by atoms with van der Waals surface area (Å²) in [6.45, 7) is 4.77. The zero-order valence-corrected chi connectivity index (χ0v) is 18.9. The van der Waals surface area contributed by atoms with E-state index in [4.69, 9.17) is 27.9 Å². The van der Waals surface area contributed by atoms with E-state index in [1.807, 2.05) is 0 Å². The van der Waals surface area contributed by atoms with Crippen molar-refractivity contribution in [2.45, 2.75) is 20.4 Å². The van der Waals surface area contributed by atoms with E-state index in [-0.39, 0.29) is 12.5 Å². The first kappa shape index (κ1) is 21.2. The Bertz CT molecular complexity index is 1090. The zero-order valence-electron chi connectivity index (χ0n) is 15.8. The second-order valence-electron chi connectivity index (χ2n) is 6.33. The molecule has 0 radical (unpaired) electrons. The first-order valence-electron chi connectivity index (χ1n) is 8.64. The molecule has 0 saturated heterocycles. The molecule has 4 nitrogen and oxygen atoms in total. The van der Waals surface area contributed by atoms with Crippen molar-refractivity contribution >= 4 is 62.4 Å². The van der Waals surface area contributed by atoms with E-state index in [2.05, 4.69) is 41.8 Å². The number of benzene rings is 2. The summed E-state index contributed by atoms with van der Waals surface area (Å²) >= 11 is 15.3. The Morgan fingerprint density at radius 1 is 1.25 bits per heavy atom. The molecule has 0 aliphatic heterocycles. The van der Waals surface area contributed by atoms with E-state index < -0.39 is 0 Å². The first-order valence-corrected chi connectivity index (χ1v) is 11.6. The predicted molar refractivity (Wildman–Crippen MR) is 120 cm³/mol. The number of carbonyl (C=O) groups is 1. The number of nitrogens with zero attached hydrogens (tertiary/aromatic N) is 2. The number of hydrogen-bond donors (Lipinski definition) is 0. The van der Waals surface area contributed by atoms with Crippen molar-refractivity contribution in [1.82, 2.24) is 4.57 Å². The molecule has 0 spiro atoms. The number of thiazole rings is 1. The largest absolute Gasteiger partial charge is 0.482 e. The molecule has 0 atom stereocenters. The number of halogens is 2. The van der Waals surface area contributed by atoms with Crippen LogP contribution in [0.4, 0.5) is 0 Å². The summed E-state index contributed by atoms with van der Waals surface area (Å²) in [7, 11) is 0. The van der Waals surface area contributed by atoms with Gasteiger partial charge in [-0.2, -0.15) is 16.8 Å². The summed E-state index contributed by atoms with van der Waals surface area (Å²) in [6, 6.07) is 9.18. The molecule has 0 fully saturated rings. The van der Waals surface area contributed by atoms with Gasteiger partial charge in [0.25, 0.3) is 5.91 Å². The highest BCUT2D eigenvalue weighted by Crippen LogP contribution is 2.27. The van der Waals surface area contributed by atoms with Crippen LogP contribution in [0, 0.1) is 13.8 Å². The topological polar surface area (TPSA) is 43.6 Å². The van der Waals surface area contributed by atoms with Crippen molar-refractivity contribution in [2.24, 2.45) is 4.99 Å². The van der Waals surface area contributed by atoms with Crippen LogP contribution in [0.1, 0.15) is 11.1 Å². The monoisotopic (exact) mass is 454 g/mol. The Kier molecular flexibility index (Phi) is 7.10. The summed E-state index contributed by atoms with van der Waals surface area (Å²) < 4.78 is 8.79. The van der Waals surface area contributed by atoms with E-state index in [0.717, 1.165) is 22.5 Å². The van der Waals surface area contributed by atoms with Crippen molar-refractivity contribution < 1.29 is 9.53 Å². The summed E-state index contributed by atoms with van der Waals surface area (Å²) in [5, 5.41) is 0.877. The van der Waals surface area contributed by atoms with E-state index in [0.29, 0.717) is 20.6 Å². The average Bonchev–Trinajstić information content (AvgIpc) is 2.96. The second-order valence-corrected chi connectivity index (χ2v) is 9.13. The molecule has 1 heterocycles. The molecule has 1 aromatic heterocycles. The van der Waals surface area contributed by atoms with E-state index in [1.54, 1.807) is 30.0 Å². The minimum Gasteiger partial charge on any atom is -0.482 e. The smallest absolute Gasteiger partial charge is 0.286 e. The lowest BCUT2D eigenvalue weighted by Crippen LogP contribution is -2.20. The van der Waals surface area contributed by atoms with Crippen LogP contribution in [0.5, 0.6) is 5.75 Å². The summed E-state index contributed by atoms with van der Waals surface area (Å²) in [6.07, 6.45) is 2.07. The van der Waals surface area contributed by atoms with Gasteiger partial charge in [-0.3, -0.25) is 4.79 Å². The maximum Gasteiger partial charge on any atom is 0.286 e. The fourth-order valence-corrected chi connectivity index (χ4v) is 4.82. The average molecular weight is 455 g/mol. The van der Waals surface area contributed by atoms with Crippen LogP contribution in [0.2, 0.25) is 10.0 Å². The van der Waals surface area contributed by atoms with Gasteiger partial charge in [0.15, 0.2) is 11.4 Å². The Morgan fingerprint density at radius 2 is 2.04 bits per heavy atom. The highest BCUT2D eigenvalue weighted by atomic mass is 35.5. The number of aromatic nitrogens is 1. The number of amides is 1. The van der Waals surface area contributed by atoms with Crippen LogP contribution in [0.15, 0.2) is 35.3 Å². The third-order valence-electron chi connectivity index (χ3n) is 4.10. The minimum atomic E-state index is -0.357. The molecule has 0 saturated carbocycles. The van der Waals surface area contributed by atoms with Gasteiger partial charge in [0.05, 0.1) is 15.2 Å². The number of rotatable bonds is 6. The number of fused-ring (bicyclic) bond motifs is 1. The fraction of sp³-hybridized carbons (Fsp3) is 0.300. The summed E-state index contributed by atoms with van der Waals surface area (Å²) in [5.74, 6) is 0.995. The van der Waals surface area contributed by atoms with Crippen molar-refractivity contribution in [2.75, 3.05) is 18.6 Å². The van der Waals surface area contributed by atoms with Crippen LogP contribution in [-0.4, -0.2) is 29.1 Å². The SMILES string of the molecule is CSCCn1c(=NC(=O)COc2ccc(Cl)cc2Cl)sc2c(C)cc(C)cc21. The van der Waals surface area contributed by atoms with Crippen LogP contribution in [0.25, 0.3) is 10.2 Å². The summed E-state index contributed by atoms with van der Waals surface area (Å²) in [4.78, 5) is 17.5. The number of hydrogen-bond acceptors (Lipinski definition) is 4. The summed E-state index contributed by atoms with van der Waals surface area (Å²) in [5.41, 5.74) is 3.50. The number of carbonyl (C=O) groups excluding carboxylic acids is 1. The first-order chi connectivity index (χ1) is 13.4. The Balaban J connectivity index is 1.91. The molecule has 1 amide bonds. The molecule has 3 aromatic rings. The van der Waals surface area contributed by atoms with Gasteiger partial charge in [-0.1, -0.05) is 40.6 Å². The second kappa shape index (κ2) is 9.35. The van der Waals surface area contributed by atoms with Gasteiger partial charge in [0.1, 0.15) is 5.75 Å². The Labute approximate surface area is 182 Å². The molecule has 0 aliphatic rings. The zero-order chi connectivity index (χ0) is 20.3. The van der Waals surface area contributed by atoms with Gasteiger partial charge in [-0.05, 0) is 55.5 Å². The van der Waals surface area contributed by atoms with Gasteiger partial charge in [0, 0.05) is 17.3 Å². The van der Waals surface area contributed by atoms with E-state index in [1.165, 1.54) is 22.5 Å². The highest BCUT2D eigenvalue weighted by molar-refractivity contribution is 7.98. The molecule has 8 heteroatoms. The molecule has 0 N–H and O–H groups in total. The van der Waals surface area contributed by atoms with Gasteiger partial charge < -0.3 is 9.30 Å². The van der Waals surface area contributed by atoms with Crippen LogP contribution in [0.3, 0.4) is 0 Å². The molecule has 148 valence electrons. The molecule has 2 aromatic carbocycles. The van der Waals surface area contributed by atoms with Crippen molar-refractivity contribution in [3.63, 3.8) is 0 Å². The molecule has 3 rings (SSSR count). The number of ether oxygens (including phenoxy) is 1. The third kappa shape index (κ3) is 4.92. The molecule has 0 bridgehead atoms. The van der Waals surface area contributed by atoms with Crippen LogP contribution < -0.4 is 9.54 Å². The van der Waals surface area contributed by atoms with Crippen LogP contribution in [-0.2, 0) is 11.3 Å². The maximum absolute atomic E-state index is 12.4. The number of aryl methyl sites for hydroxylation is 3. The van der Waals surface area contributed by atoms with E-state index in [9.17, 15) is 4.79 Å². The van der Waals surface area contributed by atoms with Gasteiger partial charge >= 0.3 is 0 Å². The third-order valence-corrected chi connectivity index (χ3v) is 6.45. The lowest BCUT2D eigenvalue weighted by molar-refractivity contribution is -0.120. The van der Waals surface area contributed by atoms with Crippen molar-refractivity contribution in [3.8, 4) is 5.75 Å². The van der Waals surface area contributed by atoms with Crippen molar-refractivity contribution in [1.29, 1.82) is 0 Å². The molecule has 0 unspecified atom stereocenters. The highest BCUT2D eigenvalue weighted by Gasteiger charge is 2.11. The maximum atomic E-state index is 12.4. The predicted octanol–water partition coefficient (Wildman–Crippen LogP) is 5.50. The molecule has 0 aliphatic carbocycles. The fourth-order valence-electron chi connectivity index (χ4n) is 2.87. The van der Waals surface area contributed by atoms with Gasteiger partial charge in [0.2, 0.25) is 0 Å². The van der Waals surface area contributed by atoms with E-state index >= 15 is 0 Å². The quantitative estimate of drug-likeness (QED) is 0.493. The molecular formula is C20H20Cl2N2O2S2. The lowest BCUT2D eigenvalue weighted by Gasteiger charge is -2.07. The standard InChI is InChI=1S/C20H20Cl2N2O2S2/c1-12-8-13(2)19-16(9-12)24(6-7-27-3)20(28-19)23-18(25)11-26-17-5-4-14(21)10-15(17)22/h4-5,8-10H,6-7,11H2,1-3H3. The Morgan fingerprint density at radius 3 is 2.75 bits per heavy atom. The molecule has 28 heavy (non-hydrogen) atoms. The van der Waals surface area contributed by atoms with Crippen LogP contribution >= 0.6 is 46.3 Å². The normalized spacial score (nSPS) is 12.0. The molecular weight excluding hydrogens is 435 g/mol. The van der Waals surface area contributed by atoms with Gasteiger partial charge in [-0.15, -0.1) is 0 Å². The van der Waals surface area contributed by atoms with Gasteiger partial charge in [-0.25, -0.2) is 0 Å². The Hall–Kier alpha value is -1.47.